The van der Waals surface area contributed by atoms with Crippen LogP contribution in [0.25, 0.3) is 0 Å². The van der Waals surface area contributed by atoms with E-state index in [1.807, 2.05) is 42.5 Å². The Hall–Kier alpha value is -2.94. The fraction of sp³-hybridized carbons (Fsp3) is 0.440. The van der Waals surface area contributed by atoms with Crippen LogP contribution in [0.15, 0.2) is 54.6 Å². The number of benzene rings is 2. The number of phenolic OH excluding ortho intramolecular Hbond substituents is 1. The predicted molar refractivity (Wildman–Crippen MR) is 127 cm³/mol. The molecule has 8 nitrogen and oxygen atoms in total. The molecule has 2 aromatic rings. The number of hydrogen-bond donors (Lipinski definition) is 3. The number of carboxylic acids is 1. The summed E-state index contributed by atoms with van der Waals surface area (Å²) < 4.78 is 0. The second-order valence-electron chi connectivity index (χ2n) is 8.88. The van der Waals surface area contributed by atoms with Crippen LogP contribution >= 0.6 is 0 Å². The summed E-state index contributed by atoms with van der Waals surface area (Å²) >= 11 is 0. The maximum absolute atomic E-state index is 12.8. The molecular weight excluding hydrogens is 424 g/mol. The molecule has 0 aromatic heterocycles. The van der Waals surface area contributed by atoms with Gasteiger partial charge in [-0.05, 0) is 54.0 Å². The molecule has 0 unspecified atom stereocenters. The first-order chi connectivity index (χ1) is 14.8. The van der Waals surface area contributed by atoms with Crippen molar-refractivity contribution in [2.45, 2.75) is 32.1 Å². The molecule has 3 atom stereocenters. The van der Waals surface area contributed by atoms with E-state index in [-0.39, 0.29) is 40.5 Å². The summed E-state index contributed by atoms with van der Waals surface area (Å²) in [7, 11) is 0. The summed E-state index contributed by atoms with van der Waals surface area (Å²) in [5.41, 5.74) is 2.16. The van der Waals surface area contributed by atoms with Crippen molar-refractivity contribution in [2.24, 2.45) is 11.8 Å². The van der Waals surface area contributed by atoms with Crippen LogP contribution in [0.1, 0.15) is 31.4 Å². The highest BCUT2D eigenvalue weighted by molar-refractivity contribution is 5.83. The zero-order valence-electron chi connectivity index (χ0n) is 19.3. The van der Waals surface area contributed by atoms with Gasteiger partial charge in [-0.2, -0.15) is 0 Å². The number of aromatic hydroxyl groups is 1. The van der Waals surface area contributed by atoms with Gasteiger partial charge in [-0.3, -0.25) is 9.59 Å². The standard InChI is InChI=1S/C25H32N2O4.2H2O/c1-18-16-27(12-11-25(18,2)21-9-6-10-22(28)14-21)17-20(24(31)26-15-23(29)30)13-19-7-4-3-5-8-19;;/h3-10,14,18,20,28H,11-13,15-17H2,1-2H3,(H,26,31)(H,29,30);2*1H2/t18-,20-,25+;;/m0../s1. The van der Waals surface area contributed by atoms with Crippen molar-refractivity contribution >= 4 is 11.9 Å². The average molecular weight is 461 g/mol. The molecule has 33 heavy (non-hydrogen) atoms. The third-order valence-electron chi connectivity index (χ3n) is 6.66. The number of aliphatic carboxylic acids is 1. The van der Waals surface area contributed by atoms with Gasteiger partial charge in [-0.25, -0.2) is 0 Å². The fourth-order valence-corrected chi connectivity index (χ4v) is 4.53. The minimum Gasteiger partial charge on any atom is -0.508 e. The Morgan fingerprint density at radius 3 is 2.45 bits per heavy atom. The lowest BCUT2D eigenvalue weighted by Crippen LogP contribution is -2.50. The summed E-state index contributed by atoms with van der Waals surface area (Å²) in [6, 6.07) is 17.3. The van der Waals surface area contributed by atoms with Crippen LogP contribution in [-0.2, 0) is 21.4 Å². The fourth-order valence-electron chi connectivity index (χ4n) is 4.53. The molecule has 1 aliphatic heterocycles. The van der Waals surface area contributed by atoms with Crippen LogP contribution in [0, 0.1) is 11.8 Å². The summed E-state index contributed by atoms with van der Waals surface area (Å²) in [4.78, 5) is 26.0. The molecule has 1 amide bonds. The molecule has 8 heteroatoms. The Morgan fingerprint density at radius 2 is 1.85 bits per heavy atom. The number of carbonyl (C=O) groups excluding carboxylic acids is 1. The van der Waals surface area contributed by atoms with Crippen molar-refractivity contribution in [1.29, 1.82) is 0 Å². The number of piperidine rings is 1. The third-order valence-corrected chi connectivity index (χ3v) is 6.66. The number of amides is 1. The molecular formula is C25H36N2O6. The number of phenols is 1. The number of carbonyl (C=O) groups is 2. The maximum Gasteiger partial charge on any atom is 0.322 e. The molecule has 3 rings (SSSR count). The van der Waals surface area contributed by atoms with E-state index in [1.165, 1.54) is 0 Å². The molecule has 1 saturated heterocycles. The lowest BCUT2D eigenvalue weighted by Gasteiger charge is -2.45. The van der Waals surface area contributed by atoms with Crippen LogP contribution in [0.4, 0.5) is 0 Å². The van der Waals surface area contributed by atoms with Crippen LogP contribution < -0.4 is 5.32 Å². The van der Waals surface area contributed by atoms with Crippen molar-refractivity contribution in [3.63, 3.8) is 0 Å². The number of nitrogens with zero attached hydrogens (tertiary/aromatic N) is 1. The second-order valence-corrected chi connectivity index (χ2v) is 8.88. The number of hydrogen-bond acceptors (Lipinski definition) is 4. The van der Waals surface area contributed by atoms with E-state index >= 15 is 0 Å². The molecule has 0 aliphatic carbocycles. The number of carboxylic acid groups (broad SMARTS) is 1. The lowest BCUT2D eigenvalue weighted by atomic mass is 9.68. The molecule has 1 heterocycles. The molecule has 0 saturated carbocycles. The van der Waals surface area contributed by atoms with Crippen LogP contribution in [0.3, 0.4) is 0 Å². The Labute approximate surface area is 194 Å². The summed E-state index contributed by atoms with van der Waals surface area (Å²) in [5, 5.41) is 21.4. The van der Waals surface area contributed by atoms with Gasteiger partial charge in [0.1, 0.15) is 12.3 Å². The molecule has 0 spiro atoms. The SMILES string of the molecule is C[C@H]1CN(C[C@H](Cc2ccccc2)C(=O)NCC(=O)O)CC[C@@]1(C)c1cccc(O)c1.O.O. The van der Waals surface area contributed by atoms with Gasteiger partial charge in [-0.1, -0.05) is 56.3 Å². The van der Waals surface area contributed by atoms with Gasteiger partial charge in [0, 0.05) is 13.1 Å². The van der Waals surface area contributed by atoms with E-state index in [4.69, 9.17) is 5.11 Å². The Bertz CT molecular complexity index is 907. The Morgan fingerprint density at radius 1 is 1.15 bits per heavy atom. The predicted octanol–water partition coefficient (Wildman–Crippen LogP) is 1.40. The van der Waals surface area contributed by atoms with Gasteiger partial charge in [0.25, 0.3) is 0 Å². The van der Waals surface area contributed by atoms with Crippen molar-refractivity contribution in [2.75, 3.05) is 26.2 Å². The van der Waals surface area contributed by atoms with Gasteiger partial charge in [-0.15, -0.1) is 0 Å². The van der Waals surface area contributed by atoms with E-state index in [9.17, 15) is 14.7 Å². The van der Waals surface area contributed by atoms with E-state index < -0.39 is 5.97 Å². The van der Waals surface area contributed by atoms with E-state index in [0.29, 0.717) is 18.9 Å². The number of rotatable bonds is 8. The highest BCUT2D eigenvalue weighted by Crippen LogP contribution is 2.40. The summed E-state index contributed by atoms with van der Waals surface area (Å²) in [5.74, 6) is -0.964. The Kier molecular flexibility index (Phi) is 10.5. The first-order valence-electron chi connectivity index (χ1n) is 10.8. The first-order valence-corrected chi connectivity index (χ1v) is 10.8. The maximum atomic E-state index is 12.8. The van der Waals surface area contributed by atoms with Crippen molar-refractivity contribution in [1.82, 2.24) is 10.2 Å². The summed E-state index contributed by atoms with van der Waals surface area (Å²) in [6.45, 7) is 6.35. The quantitative estimate of drug-likeness (QED) is 0.543. The zero-order chi connectivity index (χ0) is 22.4. The lowest BCUT2D eigenvalue weighted by molar-refractivity contribution is -0.138. The van der Waals surface area contributed by atoms with Gasteiger partial charge in [0.2, 0.25) is 5.91 Å². The van der Waals surface area contributed by atoms with Gasteiger partial charge in [0.15, 0.2) is 0 Å². The normalized spacial score (nSPS) is 21.2. The van der Waals surface area contributed by atoms with Crippen LogP contribution in [0.5, 0.6) is 5.75 Å². The van der Waals surface area contributed by atoms with Gasteiger partial charge >= 0.3 is 5.97 Å². The van der Waals surface area contributed by atoms with Crippen molar-refractivity contribution in [3.05, 3.63) is 65.7 Å². The number of likely N-dealkylation sites (tertiary alicyclic amines) is 1. The van der Waals surface area contributed by atoms with Gasteiger partial charge in [0.05, 0.1) is 5.92 Å². The average Bonchev–Trinajstić information content (AvgIpc) is 2.75. The second kappa shape index (κ2) is 12.3. The van der Waals surface area contributed by atoms with E-state index in [2.05, 4.69) is 30.1 Å². The van der Waals surface area contributed by atoms with E-state index in [1.54, 1.807) is 6.07 Å². The zero-order valence-corrected chi connectivity index (χ0v) is 19.3. The van der Waals surface area contributed by atoms with E-state index in [0.717, 1.165) is 30.6 Å². The molecule has 182 valence electrons. The first kappa shape index (κ1) is 28.1. The van der Waals surface area contributed by atoms with Gasteiger partial charge < -0.3 is 31.4 Å². The van der Waals surface area contributed by atoms with Crippen molar-refractivity contribution < 1.29 is 30.8 Å². The molecule has 0 bridgehead atoms. The molecule has 1 fully saturated rings. The smallest absolute Gasteiger partial charge is 0.322 e. The minimum atomic E-state index is -1.04. The van der Waals surface area contributed by atoms with Crippen molar-refractivity contribution in [3.8, 4) is 5.75 Å². The molecule has 0 radical (unpaired) electrons. The topological polar surface area (TPSA) is 153 Å². The van der Waals surface area contributed by atoms with Crippen LogP contribution in [0.2, 0.25) is 0 Å². The summed E-state index contributed by atoms with van der Waals surface area (Å²) in [6.07, 6.45) is 1.49. The highest BCUT2D eigenvalue weighted by atomic mass is 16.4. The molecule has 1 aliphatic rings. The minimum absolute atomic E-state index is 0. The van der Waals surface area contributed by atoms with Crippen LogP contribution in [-0.4, -0.2) is 64.1 Å². The molecule has 2 aromatic carbocycles. The largest absolute Gasteiger partial charge is 0.508 e. The third kappa shape index (κ3) is 7.28. The Balaban J connectivity index is 0.00000272. The monoisotopic (exact) mass is 460 g/mol. The number of nitrogens with one attached hydrogen (secondary N) is 1. The highest BCUT2D eigenvalue weighted by Gasteiger charge is 2.39. The molecule has 7 N–H and O–H groups in total.